The van der Waals surface area contributed by atoms with Crippen LogP contribution in [-0.2, 0) is 11.0 Å². The summed E-state index contributed by atoms with van der Waals surface area (Å²) in [4.78, 5) is 11.8. The standard InChI is InChI=1S/C14H14F3N3O/c1-9(2)19-8-10(7-18)13(21)20-12-6-4-3-5-11(12)14(15,16)17/h3-6,8-9,19H,1-2H3,(H,20,21)/b10-8-. The molecule has 7 heteroatoms. The van der Waals surface area contributed by atoms with Crippen molar-refractivity contribution in [3.05, 3.63) is 41.6 Å². The summed E-state index contributed by atoms with van der Waals surface area (Å²) in [5.41, 5.74) is -1.66. The number of benzene rings is 1. The summed E-state index contributed by atoms with van der Waals surface area (Å²) in [6.07, 6.45) is -3.41. The van der Waals surface area contributed by atoms with Crippen molar-refractivity contribution in [1.29, 1.82) is 5.26 Å². The summed E-state index contributed by atoms with van der Waals surface area (Å²) in [5.74, 6) is -0.901. The maximum absolute atomic E-state index is 12.8. The average Bonchev–Trinajstić information content (AvgIpc) is 2.38. The summed E-state index contributed by atoms with van der Waals surface area (Å²) in [7, 11) is 0. The second-order valence-electron chi connectivity index (χ2n) is 4.49. The first-order valence-electron chi connectivity index (χ1n) is 6.09. The van der Waals surface area contributed by atoms with Gasteiger partial charge in [-0.2, -0.15) is 18.4 Å². The minimum absolute atomic E-state index is 0.0105. The van der Waals surface area contributed by atoms with E-state index in [9.17, 15) is 18.0 Å². The van der Waals surface area contributed by atoms with Crippen molar-refractivity contribution in [2.45, 2.75) is 26.1 Å². The van der Waals surface area contributed by atoms with Crippen LogP contribution in [0.5, 0.6) is 0 Å². The van der Waals surface area contributed by atoms with Gasteiger partial charge in [-0.25, -0.2) is 0 Å². The molecule has 4 nitrogen and oxygen atoms in total. The number of hydrogen-bond acceptors (Lipinski definition) is 3. The third kappa shape index (κ3) is 4.84. The fraction of sp³-hybridized carbons (Fsp3) is 0.286. The Balaban J connectivity index is 2.99. The minimum Gasteiger partial charge on any atom is -0.387 e. The predicted octanol–water partition coefficient (Wildman–Crippen LogP) is 3.05. The van der Waals surface area contributed by atoms with Crippen LogP contribution in [0, 0.1) is 11.3 Å². The molecule has 0 aliphatic rings. The molecule has 1 rings (SSSR count). The molecule has 0 aliphatic heterocycles. The number of halogens is 3. The first-order chi connectivity index (χ1) is 9.75. The summed E-state index contributed by atoms with van der Waals surface area (Å²) in [6.45, 7) is 3.59. The lowest BCUT2D eigenvalue weighted by Crippen LogP contribution is -2.21. The van der Waals surface area contributed by atoms with Crippen molar-refractivity contribution >= 4 is 11.6 Å². The van der Waals surface area contributed by atoms with E-state index in [-0.39, 0.29) is 17.3 Å². The van der Waals surface area contributed by atoms with Gasteiger partial charge < -0.3 is 10.6 Å². The van der Waals surface area contributed by atoms with E-state index in [1.807, 2.05) is 0 Å². The lowest BCUT2D eigenvalue weighted by molar-refractivity contribution is -0.136. The Morgan fingerprint density at radius 2 is 1.95 bits per heavy atom. The first-order valence-corrected chi connectivity index (χ1v) is 6.09. The number of para-hydroxylation sites is 1. The molecule has 0 bridgehead atoms. The number of nitriles is 1. The van der Waals surface area contributed by atoms with Crippen LogP contribution in [0.1, 0.15) is 19.4 Å². The summed E-state index contributed by atoms with van der Waals surface area (Å²) >= 11 is 0. The summed E-state index contributed by atoms with van der Waals surface area (Å²) in [6, 6.07) is 6.21. The fourth-order valence-corrected chi connectivity index (χ4v) is 1.43. The molecule has 2 N–H and O–H groups in total. The van der Waals surface area contributed by atoms with E-state index in [0.717, 1.165) is 12.1 Å². The minimum atomic E-state index is -4.59. The Kier molecular flexibility index (Phi) is 5.36. The van der Waals surface area contributed by atoms with Gasteiger partial charge in [-0.05, 0) is 26.0 Å². The molecule has 1 aromatic carbocycles. The monoisotopic (exact) mass is 297 g/mol. The zero-order valence-corrected chi connectivity index (χ0v) is 11.5. The van der Waals surface area contributed by atoms with Crippen LogP contribution < -0.4 is 10.6 Å². The molecule has 1 aromatic rings. The lowest BCUT2D eigenvalue weighted by Gasteiger charge is -2.13. The van der Waals surface area contributed by atoms with Crippen LogP contribution >= 0.6 is 0 Å². The van der Waals surface area contributed by atoms with Gasteiger partial charge in [0.25, 0.3) is 5.91 Å². The highest BCUT2D eigenvalue weighted by molar-refractivity contribution is 6.06. The molecule has 1 amide bonds. The smallest absolute Gasteiger partial charge is 0.387 e. The van der Waals surface area contributed by atoms with Gasteiger partial charge in [-0.15, -0.1) is 0 Å². The summed E-state index contributed by atoms with van der Waals surface area (Å²) < 4.78 is 38.4. The zero-order chi connectivity index (χ0) is 16.0. The maximum Gasteiger partial charge on any atom is 0.418 e. The number of nitrogens with zero attached hydrogens (tertiary/aromatic N) is 1. The van der Waals surface area contributed by atoms with Crippen molar-refractivity contribution < 1.29 is 18.0 Å². The average molecular weight is 297 g/mol. The molecule has 0 saturated carbocycles. The maximum atomic E-state index is 12.8. The molecule has 112 valence electrons. The molecule has 0 spiro atoms. The van der Waals surface area contributed by atoms with E-state index in [4.69, 9.17) is 5.26 Å². The molecule has 0 radical (unpaired) electrons. The number of alkyl halides is 3. The number of nitrogens with one attached hydrogen (secondary N) is 2. The normalized spacial score (nSPS) is 12.0. The number of carbonyl (C=O) groups excluding carboxylic acids is 1. The van der Waals surface area contributed by atoms with Gasteiger partial charge in [-0.1, -0.05) is 12.1 Å². The van der Waals surface area contributed by atoms with E-state index >= 15 is 0 Å². The van der Waals surface area contributed by atoms with Crippen LogP contribution in [0.15, 0.2) is 36.0 Å². The first kappa shape index (κ1) is 16.6. The molecular weight excluding hydrogens is 283 g/mol. The SMILES string of the molecule is CC(C)N/C=C(/C#N)C(=O)Nc1ccccc1C(F)(F)F. The molecule has 0 aromatic heterocycles. The van der Waals surface area contributed by atoms with Gasteiger partial charge in [0.15, 0.2) is 0 Å². The number of amides is 1. The molecule has 0 unspecified atom stereocenters. The van der Waals surface area contributed by atoms with Crippen molar-refractivity contribution in [3.63, 3.8) is 0 Å². The van der Waals surface area contributed by atoms with E-state index in [1.165, 1.54) is 18.3 Å². The topological polar surface area (TPSA) is 64.9 Å². The summed E-state index contributed by atoms with van der Waals surface area (Å²) in [5, 5.41) is 13.7. The zero-order valence-electron chi connectivity index (χ0n) is 11.5. The largest absolute Gasteiger partial charge is 0.418 e. The molecule has 0 atom stereocenters. The molecule has 0 fully saturated rings. The van der Waals surface area contributed by atoms with Gasteiger partial charge in [0.05, 0.1) is 11.3 Å². The predicted molar refractivity (Wildman–Crippen MR) is 72.0 cm³/mol. The fourth-order valence-electron chi connectivity index (χ4n) is 1.43. The van der Waals surface area contributed by atoms with Gasteiger partial charge in [0.2, 0.25) is 0 Å². The molecule has 0 heterocycles. The molecule has 0 saturated heterocycles. The second kappa shape index (κ2) is 6.79. The van der Waals surface area contributed by atoms with E-state index in [0.29, 0.717) is 0 Å². The van der Waals surface area contributed by atoms with Crippen LogP contribution in [0.25, 0.3) is 0 Å². The highest BCUT2D eigenvalue weighted by atomic mass is 19.4. The second-order valence-corrected chi connectivity index (χ2v) is 4.49. The third-order valence-electron chi connectivity index (χ3n) is 2.41. The van der Waals surface area contributed by atoms with Gasteiger partial charge in [0, 0.05) is 12.2 Å². The van der Waals surface area contributed by atoms with Crippen molar-refractivity contribution in [3.8, 4) is 6.07 Å². The molecular formula is C14H14F3N3O. The van der Waals surface area contributed by atoms with Gasteiger partial charge in [-0.3, -0.25) is 4.79 Å². The number of hydrogen-bond donors (Lipinski definition) is 2. The van der Waals surface area contributed by atoms with Crippen LogP contribution in [0.3, 0.4) is 0 Å². The Bertz CT molecular complexity index is 586. The van der Waals surface area contributed by atoms with E-state index in [2.05, 4.69) is 10.6 Å². The van der Waals surface area contributed by atoms with E-state index in [1.54, 1.807) is 19.9 Å². The quantitative estimate of drug-likeness (QED) is 0.663. The van der Waals surface area contributed by atoms with Crippen molar-refractivity contribution in [1.82, 2.24) is 5.32 Å². The highest BCUT2D eigenvalue weighted by Gasteiger charge is 2.33. The van der Waals surface area contributed by atoms with Gasteiger partial charge in [0.1, 0.15) is 11.6 Å². The third-order valence-corrected chi connectivity index (χ3v) is 2.41. The Morgan fingerprint density at radius 3 is 2.48 bits per heavy atom. The molecule has 0 aliphatic carbocycles. The molecule has 21 heavy (non-hydrogen) atoms. The Hall–Kier alpha value is -2.49. The van der Waals surface area contributed by atoms with Crippen molar-refractivity contribution in [2.75, 3.05) is 5.32 Å². The number of anilines is 1. The van der Waals surface area contributed by atoms with Crippen LogP contribution in [0.2, 0.25) is 0 Å². The van der Waals surface area contributed by atoms with Gasteiger partial charge >= 0.3 is 6.18 Å². The Morgan fingerprint density at radius 1 is 1.33 bits per heavy atom. The highest BCUT2D eigenvalue weighted by Crippen LogP contribution is 2.34. The number of rotatable bonds is 4. The van der Waals surface area contributed by atoms with Crippen LogP contribution in [-0.4, -0.2) is 11.9 Å². The Labute approximate surface area is 120 Å². The van der Waals surface area contributed by atoms with Crippen molar-refractivity contribution in [2.24, 2.45) is 0 Å². The number of carbonyl (C=O) groups is 1. The van der Waals surface area contributed by atoms with Crippen LogP contribution in [0.4, 0.5) is 18.9 Å². The lowest BCUT2D eigenvalue weighted by atomic mass is 10.1. The van der Waals surface area contributed by atoms with E-state index < -0.39 is 17.6 Å².